The van der Waals surface area contributed by atoms with Gasteiger partial charge in [-0.15, -0.1) is 0 Å². The van der Waals surface area contributed by atoms with E-state index in [0.29, 0.717) is 0 Å². The fraction of sp³-hybridized carbons (Fsp3) is 0.312. The third-order valence-electron chi connectivity index (χ3n) is 4.34. The van der Waals surface area contributed by atoms with E-state index >= 15 is 0 Å². The summed E-state index contributed by atoms with van der Waals surface area (Å²) in [5.74, 6) is 0.298. The number of nitrogens with one attached hydrogen (secondary N) is 1. The molecule has 1 aliphatic rings. The largest absolute Gasteiger partial charge is 0.394 e. The van der Waals surface area contributed by atoms with Gasteiger partial charge in [0.2, 0.25) is 5.95 Å². The summed E-state index contributed by atoms with van der Waals surface area (Å²) in [6, 6.07) is 3.59. The average molecular weight is 386 g/mol. The molecule has 0 spiro atoms. The SMILES string of the molecule is Nc1ncnc2c1nc(N/N=C/c1cccnc1)n2[C@@H]1O[C@H](CO)[C@@H](O)[C@H]1O. The standard InChI is InChI=1S/C16H18N8O4/c17-13-10-14(20-7-19-13)24(15-12(27)11(26)9(6-25)28-15)16(22-10)23-21-5-8-2-1-3-18-4-8/h1-5,7,9,11-12,15,25-27H,6H2,(H,22,23)(H2,17,19,20)/b21-5+/t9-,11-,12-,15-/m1/s1. The van der Waals surface area contributed by atoms with E-state index in [0.717, 1.165) is 5.56 Å². The number of rotatable bonds is 5. The highest BCUT2D eigenvalue weighted by Gasteiger charge is 2.45. The Kier molecular flexibility index (Phi) is 4.83. The predicted octanol–water partition coefficient (Wildman–Crippen LogP) is -1.14. The van der Waals surface area contributed by atoms with Crippen molar-refractivity contribution in [3.8, 4) is 0 Å². The van der Waals surface area contributed by atoms with Crippen LogP contribution in [0.4, 0.5) is 11.8 Å². The Morgan fingerprint density at radius 3 is 2.89 bits per heavy atom. The fourth-order valence-corrected chi connectivity index (χ4v) is 2.96. The lowest BCUT2D eigenvalue weighted by molar-refractivity contribution is -0.0501. The number of hydrazone groups is 1. The molecule has 0 amide bonds. The molecule has 146 valence electrons. The number of aromatic nitrogens is 5. The van der Waals surface area contributed by atoms with Gasteiger partial charge in [0, 0.05) is 18.0 Å². The zero-order chi connectivity index (χ0) is 19.7. The maximum Gasteiger partial charge on any atom is 0.228 e. The first-order valence-corrected chi connectivity index (χ1v) is 8.40. The number of hydrogen-bond acceptors (Lipinski definition) is 11. The van der Waals surface area contributed by atoms with Gasteiger partial charge in [0.1, 0.15) is 24.6 Å². The lowest BCUT2D eigenvalue weighted by atomic mass is 10.1. The molecule has 4 atom stereocenters. The van der Waals surface area contributed by atoms with Gasteiger partial charge in [-0.25, -0.2) is 20.4 Å². The highest BCUT2D eigenvalue weighted by atomic mass is 16.6. The van der Waals surface area contributed by atoms with Crippen LogP contribution >= 0.6 is 0 Å². The molecule has 1 aliphatic heterocycles. The summed E-state index contributed by atoms with van der Waals surface area (Å²) in [5.41, 5.74) is 9.95. The highest BCUT2D eigenvalue weighted by Crippen LogP contribution is 2.35. The third-order valence-corrected chi connectivity index (χ3v) is 4.34. The van der Waals surface area contributed by atoms with Crippen LogP contribution < -0.4 is 11.2 Å². The van der Waals surface area contributed by atoms with Crippen LogP contribution in [-0.2, 0) is 4.74 Å². The molecule has 4 heterocycles. The molecule has 12 heteroatoms. The van der Waals surface area contributed by atoms with Crippen LogP contribution in [0, 0.1) is 0 Å². The summed E-state index contributed by atoms with van der Waals surface area (Å²) in [6.07, 6.45) is 1.43. The van der Waals surface area contributed by atoms with E-state index in [1.54, 1.807) is 18.5 Å². The van der Waals surface area contributed by atoms with E-state index in [1.807, 2.05) is 6.07 Å². The van der Waals surface area contributed by atoms with Crippen molar-refractivity contribution in [2.45, 2.75) is 24.5 Å². The molecule has 0 unspecified atom stereocenters. The molecule has 3 aromatic rings. The summed E-state index contributed by atoms with van der Waals surface area (Å²) in [4.78, 5) is 16.4. The molecule has 0 bridgehead atoms. The summed E-state index contributed by atoms with van der Waals surface area (Å²) < 4.78 is 7.02. The molecule has 3 aromatic heterocycles. The first kappa shape index (κ1) is 18.2. The second kappa shape index (κ2) is 7.44. The maximum absolute atomic E-state index is 10.4. The van der Waals surface area contributed by atoms with Gasteiger partial charge in [-0.2, -0.15) is 5.10 Å². The number of nitrogens with zero attached hydrogens (tertiary/aromatic N) is 6. The van der Waals surface area contributed by atoms with Crippen molar-refractivity contribution in [1.82, 2.24) is 24.5 Å². The number of aliphatic hydroxyl groups excluding tert-OH is 3. The minimum Gasteiger partial charge on any atom is -0.394 e. The van der Waals surface area contributed by atoms with Crippen molar-refractivity contribution in [2.75, 3.05) is 17.8 Å². The van der Waals surface area contributed by atoms with Crippen molar-refractivity contribution in [1.29, 1.82) is 0 Å². The number of hydrogen-bond donors (Lipinski definition) is 5. The number of nitrogen functional groups attached to an aromatic ring is 1. The zero-order valence-corrected chi connectivity index (χ0v) is 14.5. The Labute approximate surface area is 158 Å². The number of imidazole rings is 1. The van der Waals surface area contributed by atoms with Gasteiger partial charge in [0.05, 0.1) is 12.8 Å². The highest BCUT2D eigenvalue weighted by molar-refractivity contribution is 5.84. The number of fused-ring (bicyclic) bond motifs is 1. The van der Waals surface area contributed by atoms with Crippen molar-refractivity contribution in [2.24, 2.45) is 5.10 Å². The van der Waals surface area contributed by atoms with Crippen molar-refractivity contribution >= 4 is 29.1 Å². The van der Waals surface area contributed by atoms with Crippen LogP contribution in [0.5, 0.6) is 0 Å². The molecule has 0 aliphatic carbocycles. The van der Waals surface area contributed by atoms with E-state index < -0.39 is 31.1 Å². The van der Waals surface area contributed by atoms with E-state index in [4.69, 9.17) is 10.5 Å². The van der Waals surface area contributed by atoms with Gasteiger partial charge in [-0.3, -0.25) is 9.55 Å². The van der Waals surface area contributed by atoms with Crippen LogP contribution in [0.2, 0.25) is 0 Å². The minimum atomic E-state index is -1.33. The first-order chi connectivity index (χ1) is 13.6. The summed E-state index contributed by atoms with van der Waals surface area (Å²) in [5, 5.41) is 34.0. The van der Waals surface area contributed by atoms with Crippen LogP contribution in [0.3, 0.4) is 0 Å². The number of aliphatic hydroxyl groups is 3. The topological polar surface area (TPSA) is 177 Å². The van der Waals surface area contributed by atoms with Crippen LogP contribution in [0.25, 0.3) is 11.2 Å². The van der Waals surface area contributed by atoms with E-state index in [1.165, 1.54) is 17.1 Å². The quantitative estimate of drug-likeness (QED) is 0.266. The number of pyridine rings is 1. The smallest absolute Gasteiger partial charge is 0.228 e. The lowest BCUT2D eigenvalue weighted by Crippen LogP contribution is -2.33. The molecule has 0 saturated carbocycles. The molecular weight excluding hydrogens is 368 g/mol. The Hall–Kier alpha value is -3.19. The maximum atomic E-state index is 10.4. The first-order valence-electron chi connectivity index (χ1n) is 8.40. The Bertz CT molecular complexity index is 995. The molecule has 6 N–H and O–H groups in total. The Morgan fingerprint density at radius 2 is 2.18 bits per heavy atom. The molecule has 4 rings (SSSR count). The van der Waals surface area contributed by atoms with Gasteiger partial charge < -0.3 is 25.8 Å². The van der Waals surface area contributed by atoms with Crippen molar-refractivity contribution in [3.05, 3.63) is 36.4 Å². The van der Waals surface area contributed by atoms with Gasteiger partial charge in [-0.1, -0.05) is 6.07 Å². The normalized spacial score (nSPS) is 25.0. The second-order valence-corrected chi connectivity index (χ2v) is 6.12. The summed E-state index contributed by atoms with van der Waals surface area (Å²) in [6.45, 7) is -0.458. The van der Waals surface area contributed by atoms with Crippen LogP contribution in [0.15, 0.2) is 36.0 Å². The van der Waals surface area contributed by atoms with Gasteiger partial charge >= 0.3 is 0 Å². The fourth-order valence-electron chi connectivity index (χ4n) is 2.96. The third kappa shape index (κ3) is 3.14. The van der Waals surface area contributed by atoms with Gasteiger partial charge in [0.25, 0.3) is 0 Å². The van der Waals surface area contributed by atoms with Gasteiger partial charge in [0.15, 0.2) is 23.2 Å². The Morgan fingerprint density at radius 1 is 1.32 bits per heavy atom. The van der Waals surface area contributed by atoms with Crippen molar-refractivity contribution in [3.63, 3.8) is 0 Å². The zero-order valence-electron chi connectivity index (χ0n) is 14.5. The molecule has 0 radical (unpaired) electrons. The molecule has 1 fully saturated rings. The monoisotopic (exact) mass is 386 g/mol. The van der Waals surface area contributed by atoms with Crippen LogP contribution in [-0.4, -0.2) is 71.0 Å². The van der Waals surface area contributed by atoms with Crippen LogP contribution in [0.1, 0.15) is 11.8 Å². The molecule has 1 saturated heterocycles. The molecule has 12 nitrogen and oxygen atoms in total. The molecule has 0 aromatic carbocycles. The predicted molar refractivity (Wildman–Crippen MR) is 98.2 cm³/mol. The number of nitrogens with two attached hydrogens (primary N) is 1. The molecular formula is C16H18N8O4. The van der Waals surface area contributed by atoms with Crippen molar-refractivity contribution < 1.29 is 20.1 Å². The average Bonchev–Trinajstić information content (AvgIpc) is 3.21. The van der Waals surface area contributed by atoms with E-state index in [2.05, 4.69) is 30.5 Å². The summed E-state index contributed by atoms with van der Waals surface area (Å²) >= 11 is 0. The summed E-state index contributed by atoms with van der Waals surface area (Å²) in [7, 11) is 0. The second-order valence-electron chi connectivity index (χ2n) is 6.12. The van der Waals surface area contributed by atoms with E-state index in [9.17, 15) is 15.3 Å². The molecule has 28 heavy (non-hydrogen) atoms. The number of ether oxygens (including phenoxy) is 1. The lowest BCUT2D eigenvalue weighted by Gasteiger charge is -2.18. The van der Waals surface area contributed by atoms with E-state index in [-0.39, 0.29) is 22.9 Å². The number of anilines is 2. The Balaban J connectivity index is 1.73. The minimum absolute atomic E-state index is 0.134. The van der Waals surface area contributed by atoms with Gasteiger partial charge in [-0.05, 0) is 6.07 Å².